The van der Waals surface area contributed by atoms with Crippen molar-refractivity contribution in [2.24, 2.45) is 0 Å². The maximum absolute atomic E-state index is 10.5. The summed E-state index contributed by atoms with van der Waals surface area (Å²) in [6, 6.07) is 1.83. The first-order chi connectivity index (χ1) is 5.15. The summed E-state index contributed by atoms with van der Waals surface area (Å²) in [6.45, 7) is 3.71. The fourth-order valence-electron chi connectivity index (χ4n) is 0.973. The van der Waals surface area contributed by atoms with Gasteiger partial charge in [-0.05, 0) is 41.4 Å². The lowest BCUT2D eigenvalue weighted by molar-refractivity contribution is 0.112. The highest BCUT2D eigenvalue weighted by Crippen LogP contribution is 2.14. The van der Waals surface area contributed by atoms with Crippen LogP contribution in [-0.4, -0.2) is 11.3 Å². The molecule has 0 aliphatic rings. The van der Waals surface area contributed by atoms with E-state index in [1.165, 1.54) is 0 Å². The molecule has 0 radical (unpaired) electrons. The second-order valence-corrected chi connectivity index (χ2v) is 3.19. The Kier molecular flexibility index (Phi) is 2.39. The summed E-state index contributed by atoms with van der Waals surface area (Å²) in [4.78, 5) is 14.6. The van der Waals surface area contributed by atoms with E-state index in [1.807, 2.05) is 19.9 Å². The van der Waals surface area contributed by atoms with Gasteiger partial charge in [0.1, 0.15) is 4.60 Å². The molecule has 58 valence electrons. The summed E-state index contributed by atoms with van der Waals surface area (Å²) in [7, 11) is 0. The van der Waals surface area contributed by atoms with E-state index in [0.29, 0.717) is 5.56 Å². The quantitative estimate of drug-likeness (QED) is 0.530. The van der Waals surface area contributed by atoms with Crippen LogP contribution in [0, 0.1) is 13.8 Å². The van der Waals surface area contributed by atoms with Crippen molar-refractivity contribution in [3.63, 3.8) is 0 Å². The predicted molar refractivity (Wildman–Crippen MR) is 46.8 cm³/mol. The Hall–Kier alpha value is -0.700. The van der Waals surface area contributed by atoms with Crippen molar-refractivity contribution in [2.45, 2.75) is 13.8 Å². The van der Waals surface area contributed by atoms with Gasteiger partial charge in [0.15, 0.2) is 6.29 Å². The van der Waals surface area contributed by atoms with Crippen LogP contribution >= 0.6 is 15.9 Å². The molecule has 0 saturated carbocycles. The minimum atomic E-state index is 0.688. The van der Waals surface area contributed by atoms with Gasteiger partial charge >= 0.3 is 0 Å². The lowest BCUT2D eigenvalue weighted by atomic mass is 10.1. The number of aryl methyl sites for hydroxylation is 2. The molecule has 0 fully saturated rings. The van der Waals surface area contributed by atoms with E-state index >= 15 is 0 Å². The van der Waals surface area contributed by atoms with Crippen molar-refractivity contribution in [3.05, 3.63) is 27.5 Å². The monoisotopic (exact) mass is 213 g/mol. The maximum atomic E-state index is 10.5. The van der Waals surface area contributed by atoms with Crippen LogP contribution < -0.4 is 0 Å². The Morgan fingerprint density at radius 2 is 2.18 bits per heavy atom. The van der Waals surface area contributed by atoms with Crippen LogP contribution in [-0.2, 0) is 0 Å². The van der Waals surface area contributed by atoms with Crippen molar-refractivity contribution in [2.75, 3.05) is 0 Å². The highest BCUT2D eigenvalue weighted by molar-refractivity contribution is 9.10. The molecule has 0 aliphatic carbocycles. The summed E-state index contributed by atoms with van der Waals surface area (Å²) < 4.78 is 0.776. The van der Waals surface area contributed by atoms with E-state index in [-0.39, 0.29) is 0 Å². The molecule has 0 atom stereocenters. The number of nitrogens with zero attached hydrogens (tertiary/aromatic N) is 1. The lowest BCUT2D eigenvalue weighted by Gasteiger charge is -2.01. The molecular formula is C8H8BrNO. The Labute approximate surface area is 73.8 Å². The third-order valence-electron chi connectivity index (χ3n) is 1.54. The van der Waals surface area contributed by atoms with Crippen molar-refractivity contribution in [1.29, 1.82) is 0 Å². The molecule has 0 amide bonds. The summed E-state index contributed by atoms with van der Waals surface area (Å²) in [5.74, 6) is 0. The van der Waals surface area contributed by atoms with Crippen LogP contribution in [0.3, 0.4) is 0 Å². The molecule has 0 aliphatic heterocycles. The molecule has 0 saturated heterocycles. The van der Waals surface area contributed by atoms with E-state index < -0.39 is 0 Å². The molecule has 1 heterocycles. The molecule has 0 spiro atoms. The molecular weight excluding hydrogens is 206 g/mol. The Balaban J connectivity index is 3.36. The topological polar surface area (TPSA) is 30.0 Å². The summed E-state index contributed by atoms with van der Waals surface area (Å²) in [5.41, 5.74) is 2.42. The summed E-state index contributed by atoms with van der Waals surface area (Å²) in [5, 5.41) is 0. The van der Waals surface area contributed by atoms with Crippen LogP contribution in [0.1, 0.15) is 21.6 Å². The smallest absolute Gasteiger partial charge is 0.152 e. The number of aromatic nitrogens is 1. The van der Waals surface area contributed by atoms with E-state index in [4.69, 9.17) is 0 Å². The largest absolute Gasteiger partial charge is 0.298 e. The van der Waals surface area contributed by atoms with Crippen molar-refractivity contribution >= 4 is 22.2 Å². The first kappa shape index (κ1) is 8.40. The zero-order valence-electron chi connectivity index (χ0n) is 6.39. The minimum Gasteiger partial charge on any atom is -0.298 e. The molecule has 0 N–H and O–H groups in total. The maximum Gasteiger partial charge on any atom is 0.152 e. The standard InChI is InChI=1S/C8H8BrNO/c1-5-3-8(9)10-6(2)7(5)4-11/h3-4H,1-2H3. The summed E-state index contributed by atoms with van der Waals surface area (Å²) in [6.07, 6.45) is 0.837. The number of aldehydes is 1. The third kappa shape index (κ3) is 1.66. The number of halogens is 1. The van der Waals surface area contributed by atoms with Crippen molar-refractivity contribution in [1.82, 2.24) is 4.98 Å². The van der Waals surface area contributed by atoms with Gasteiger partial charge in [-0.2, -0.15) is 0 Å². The number of hydrogen-bond acceptors (Lipinski definition) is 2. The van der Waals surface area contributed by atoms with Gasteiger partial charge in [0.05, 0.1) is 0 Å². The van der Waals surface area contributed by atoms with Gasteiger partial charge in [0.25, 0.3) is 0 Å². The van der Waals surface area contributed by atoms with Crippen molar-refractivity contribution < 1.29 is 4.79 Å². The fourth-order valence-corrected chi connectivity index (χ4v) is 1.58. The van der Waals surface area contributed by atoms with E-state index in [0.717, 1.165) is 22.1 Å². The lowest BCUT2D eigenvalue weighted by Crippen LogP contribution is -1.94. The highest BCUT2D eigenvalue weighted by atomic mass is 79.9. The fraction of sp³-hybridized carbons (Fsp3) is 0.250. The normalized spacial score (nSPS) is 9.73. The molecule has 3 heteroatoms. The van der Waals surface area contributed by atoms with E-state index in [1.54, 1.807) is 0 Å². The van der Waals surface area contributed by atoms with Crippen LogP contribution in [0.25, 0.3) is 0 Å². The van der Waals surface area contributed by atoms with Gasteiger partial charge in [0.2, 0.25) is 0 Å². The number of hydrogen-bond donors (Lipinski definition) is 0. The van der Waals surface area contributed by atoms with Gasteiger partial charge in [-0.25, -0.2) is 4.98 Å². The molecule has 0 aromatic carbocycles. The van der Waals surface area contributed by atoms with Crippen LogP contribution in [0.2, 0.25) is 0 Å². The number of rotatable bonds is 1. The Bertz CT molecular complexity index is 273. The van der Waals surface area contributed by atoms with Gasteiger partial charge < -0.3 is 0 Å². The Morgan fingerprint density at radius 3 is 2.64 bits per heavy atom. The van der Waals surface area contributed by atoms with Crippen LogP contribution in [0.5, 0.6) is 0 Å². The zero-order chi connectivity index (χ0) is 8.43. The van der Waals surface area contributed by atoms with E-state index in [2.05, 4.69) is 20.9 Å². The van der Waals surface area contributed by atoms with Gasteiger partial charge in [-0.1, -0.05) is 0 Å². The highest BCUT2D eigenvalue weighted by Gasteiger charge is 2.02. The average molecular weight is 214 g/mol. The zero-order valence-corrected chi connectivity index (χ0v) is 7.97. The SMILES string of the molecule is Cc1cc(Br)nc(C)c1C=O. The van der Waals surface area contributed by atoms with E-state index in [9.17, 15) is 4.79 Å². The summed E-state index contributed by atoms with van der Waals surface area (Å²) >= 11 is 3.25. The first-order valence-electron chi connectivity index (χ1n) is 3.24. The minimum absolute atomic E-state index is 0.688. The van der Waals surface area contributed by atoms with Crippen LogP contribution in [0.15, 0.2) is 10.7 Å². The second kappa shape index (κ2) is 3.13. The van der Waals surface area contributed by atoms with Crippen LogP contribution in [0.4, 0.5) is 0 Å². The van der Waals surface area contributed by atoms with Gasteiger partial charge in [0, 0.05) is 11.3 Å². The molecule has 11 heavy (non-hydrogen) atoms. The molecule has 2 nitrogen and oxygen atoms in total. The third-order valence-corrected chi connectivity index (χ3v) is 1.95. The van der Waals surface area contributed by atoms with Gasteiger partial charge in [-0.15, -0.1) is 0 Å². The molecule has 0 bridgehead atoms. The first-order valence-corrected chi connectivity index (χ1v) is 4.03. The molecule has 1 rings (SSSR count). The van der Waals surface area contributed by atoms with Crippen molar-refractivity contribution in [3.8, 4) is 0 Å². The van der Waals surface area contributed by atoms with Gasteiger partial charge in [-0.3, -0.25) is 4.79 Å². The molecule has 0 unspecified atom stereocenters. The Morgan fingerprint density at radius 1 is 1.55 bits per heavy atom. The molecule has 1 aromatic heterocycles. The number of carbonyl (C=O) groups excluding carboxylic acids is 1. The number of pyridine rings is 1. The molecule has 1 aromatic rings. The predicted octanol–water partition coefficient (Wildman–Crippen LogP) is 2.27. The average Bonchev–Trinajstić information content (AvgIpc) is 1.85. The number of carbonyl (C=O) groups is 1. The second-order valence-electron chi connectivity index (χ2n) is 2.38.